The zero-order chi connectivity index (χ0) is 16.0. The van der Waals surface area contributed by atoms with Gasteiger partial charge in [0, 0.05) is 17.2 Å². The van der Waals surface area contributed by atoms with Gasteiger partial charge in [0.05, 0.1) is 15.6 Å². The summed E-state index contributed by atoms with van der Waals surface area (Å²) >= 11 is 11.7. The summed E-state index contributed by atoms with van der Waals surface area (Å²) in [7, 11) is 1.24. The normalized spacial score (nSPS) is 20.1. The fourth-order valence-electron chi connectivity index (χ4n) is 2.13. The van der Waals surface area contributed by atoms with Crippen molar-refractivity contribution in [2.75, 3.05) is 6.54 Å². The van der Waals surface area contributed by atoms with E-state index in [0.29, 0.717) is 12.5 Å². The van der Waals surface area contributed by atoms with Gasteiger partial charge in [0.15, 0.2) is 0 Å². The lowest BCUT2D eigenvalue weighted by Crippen LogP contribution is -2.27. The first-order chi connectivity index (χ1) is 9.52. The lowest BCUT2D eigenvalue weighted by molar-refractivity contribution is 0.0950. The lowest BCUT2D eigenvalue weighted by Gasteiger charge is -2.10. The van der Waals surface area contributed by atoms with Crippen molar-refractivity contribution in [1.82, 2.24) is 5.32 Å². The molecular weight excluding hydrogens is 357 g/mol. The zero-order valence-corrected chi connectivity index (χ0v) is 14.5. The number of rotatable bonds is 4. The summed E-state index contributed by atoms with van der Waals surface area (Å²) in [5.74, 6) is -0.0234. The molecule has 4 nitrogen and oxygen atoms in total. The van der Waals surface area contributed by atoms with E-state index >= 15 is 0 Å². The Morgan fingerprint density at radius 1 is 1.33 bits per heavy atom. The largest absolute Gasteiger partial charge is 0.352 e. The van der Waals surface area contributed by atoms with Crippen LogP contribution in [0.2, 0.25) is 10.0 Å². The van der Waals surface area contributed by atoms with Gasteiger partial charge in [-0.05, 0) is 29.9 Å². The fourth-order valence-corrected chi connectivity index (χ4v) is 3.95. The highest BCUT2D eigenvalue weighted by Crippen LogP contribution is 2.51. The van der Waals surface area contributed by atoms with Gasteiger partial charge in [-0.2, -0.15) is 0 Å². The van der Waals surface area contributed by atoms with E-state index in [1.54, 1.807) is 0 Å². The Balaban J connectivity index is 2.21. The van der Waals surface area contributed by atoms with E-state index < -0.39 is 15.0 Å². The molecule has 1 aliphatic carbocycles. The number of benzene rings is 1. The van der Waals surface area contributed by atoms with Crippen LogP contribution < -0.4 is 5.32 Å². The SMILES string of the molecule is CC1(C)CC1CNC(=O)c1cc(S(=O)(=O)Cl)c(Cl)cc1Cl. The Morgan fingerprint density at radius 3 is 2.38 bits per heavy atom. The molecular formula is C13H14Cl3NO3S. The second-order valence-corrected chi connectivity index (χ2v) is 9.15. The molecule has 1 aliphatic rings. The quantitative estimate of drug-likeness (QED) is 0.822. The molecule has 0 radical (unpaired) electrons. The van der Waals surface area contributed by atoms with E-state index in [1.165, 1.54) is 6.07 Å². The minimum atomic E-state index is -4.04. The zero-order valence-electron chi connectivity index (χ0n) is 11.4. The van der Waals surface area contributed by atoms with Crippen LogP contribution in [-0.4, -0.2) is 20.9 Å². The lowest BCUT2D eigenvalue weighted by atomic mass is 10.1. The van der Waals surface area contributed by atoms with Crippen molar-refractivity contribution in [3.05, 3.63) is 27.7 Å². The van der Waals surface area contributed by atoms with Crippen molar-refractivity contribution >= 4 is 48.8 Å². The maximum absolute atomic E-state index is 12.1. The Hall–Kier alpha value is -0.490. The molecule has 1 aromatic carbocycles. The van der Waals surface area contributed by atoms with Gasteiger partial charge in [-0.3, -0.25) is 4.79 Å². The van der Waals surface area contributed by atoms with Crippen molar-refractivity contribution in [1.29, 1.82) is 0 Å². The van der Waals surface area contributed by atoms with E-state index in [9.17, 15) is 13.2 Å². The minimum absolute atomic E-state index is 0.0405. The summed E-state index contributed by atoms with van der Waals surface area (Å²) in [4.78, 5) is 11.8. The molecule has 8 heteroatoms. The molecule has 0 aromatic heterocycles. The molecule has 21 heavy (non-hydrogen) atoms. The summed E-state index contributed by atoms with van der Waals surface area (Å²) in [6.45, 7) is 4.77. The van der Waals surface area contributed by atoms with Crippen LogP contribution in [0.4, 0.5) is 0 Å². The summed E-state index contributed by atoms with van der Waals surface area (Å²) in [5.41, 5.74) is 0.278. The number of halogens is 3. The van der Waals surface area contributed by atoms with Gasteiger partial charge >= 0.3 is 0 Å². The predicted molar refractivity (Wildman–Crippen MR) is 83.7 cm³/mol. The number of carbonyl (C=O) groups excluding carboxylic acids is 1. The Kier molecular flexibility index (Phi) is 4.51. The Bertz CT molecular complexity index is 701. The summed E-state index contributed by atoms with van der Waals surface area (Å²) < 4.78 is 22.8. The van der Waals surface area contributed by atoms with Crippen LogP contribution in [0.1, 0.15) is 30.6 Å². The first-order valence-corrected chi connectivity index (χ1v) is 9.31. The van der Waals surface area contributed by atoms with Crippen molar-refractivity contribution in [3.63, 3.8) is 0 Å². The van der Waals surface area contributed by atoms with Crippen molar-refractivity contribution in [2.24, 2.45) is 11.3 Å². The molecule has 2 rings (SSSR count). The number of carbonyl (C=O) groups is 1. The second-order valence-electron chi connectivity index (χ2n) is 5.80. The molecule has 0 saturated heterocycles. The average molecular weight is 371 g/mol. The third kappa shape index (κ3) is 3.83. The van der Waals surface area contributed by atoms with E-state index in [0.717, 1.165) is 12.5 Å². The van der Waals surface area contributed by atoms with Gasteiger partial charge in [0.1, 0.15) is 4.90 Å². The molecule has 1 atom stereocenters. The van der Waals surface area contributed by atoms with E-state index in [2.05, 4.69) is 19.2 Å². The maximum Gasteiger partial charge on any atom is 0.262 e. The highest BCUT2D eigenvalue weighted by Gasteiger charge is 2.45. The second kappa shape index (κ2) is 5.61. The molecule has 1 saturated carbocycles. The molecule has 1 unspecified atom stereocenters. The molecule has 0 heterocycles. The predicted octanol–water partition coefficient (Wildman–Crippen LogP) is 3.70. The average Bonchev–Trinajstić information content (AvgIpc) is 2.92. The monoisotopic (exact) mass is 369 g/mol. The summed E-state index contributed by atoms with van der Waals surface area (Å²) in [6.07, 6.45) is 1.04. The van der Waals surface area contributed by atoms with Crippen LogP contribution in [0.5, 0.6) is 0 Å². The van der Waals surface area contributed by atoms with Crippen LogP contribution in [0.25, 0.3) is 0 Å². The molecule has 1 amide bonds. The standard InChI is InChI=1S/C13H14Cl3NO3S/c1-13(2)5-7(13)6-17-12(18)8-3-11(21(16,19)20)10(15)4-9(8)14/h3-4,7H,5-6H2,1-2H3,(H,17,18). The smallest absolute Gasteiger partial charge is 0.262 e. The highest BCUT2D eigenvalue weighted by atomic mass is 35.7. The van der Waals surface area contributed by atoms with E-state index in [1.807, 2.05) is 0 Å². The molecule has 0 spiro atoms. The maximum atomic E-state index is 12.1. The number of amides is 1. The molecule has 1 fully saturated rings. The van der Waals surface area contributed by atoms with E-state index in [4.69, 9.17) is 33.9 Å². The fraction of sp³-hybridized carbons (Fsp3) is 0.462. The van der Waals surface area contributed by atoms with Gasteiger partial charge in [-0.15, -0.1) is 0 Å². The first kappa shape index (κ1) is 16.9. The minimum Gasteiger partial charge on any atom is -0.352 e. The number of hydrogen-bond acceptors (Lipinski definition) is 3. The molecule has 116 valence electrons. The van der Waals surface area contributed by atoms with Crippen molar-refractivity contribution in [2.45, 2.75) is 25.2 Å². The van der Waals surface area contributed by atoms with Gasteiger partial charge in [0.25, 0.3) is 15.0 Å². The number of nitrogens with one attached hydrogen (secondary N) is 1. The molecule has 0 aliphatic heterocycles. The third-order valence-electron chi connectivity index (χ3n) is 3.76. The highest BCUT2D eigenvalue weighted by molar-refractivity contribution is 8.13. The molecule has 1 N–H and O–H groups in total. The Morgan fingerprint density at radius 2 is 1.90 bits per heavy atom. The van der Waals surface area contributed by atoms with Crippen LogP contribution in [0.15, 0.2) is 17.0 Å². The topological polar surface area (TPSA) is 63.2 Å². The summed E-state index contributed by atoms with van der Waals surface area (Å²) in [6, 6.07) is 2.30. The van der Waals surface area contributed by atoms with Crippen molar-refractivity contribution in [3.8, 4) is 0 Å². The third-order valence-corrected chi connectivity index (χ3v) is 5.85. The van der Waals surface area contributed by atoms with Gasteiger partial charge in [-0.1, -0.05) is 37.0 Å². The molecule has 1 aromatic rings. The van der Waals surface area contributed by atoms with E-state index in [-0.39, 0.29) is 25.9 Å². The van der Waals surface area contributed by atoms with Gasteiger partial charge in [-0.25, -0.2) is 8.42 Å². The van der Waals surface area contributed by atoms with Crippen LogP contribution in [0, 0.1) is 11.3 Å². The van der Waals surface area contributed by atoms with Gasteiger partial charge in [0.2, 0.25) is 0 Å². The van der Waals surface area contributed by atoms with Crippen LogP contribution in [-0.2, 0) is 9.05 Å². The van der Waals surface area contributed by atoms with Crippen LogP contribution in [0.3, 0.4) is 0 Å². The Labute approximate surface area is 138 Å². The first-order valence-electron chi connectivity index (χ1n) is 6.24. The summed E-state index contributed by atoms with van der Waals surface area (Å²) in [5, 5.41) is 2.72. The molecule has 0 bridgehead atoms. The van der Waals surface area contributed by atoms with Gasteiger partial charge < -0.3 is 5.32 Å². The number of hydrogen-bond donors (Lipinski definition) is 1. The van der Waals surface area contributed by atoms with Crippen LogP contribution >= 0.6 is 33.9 Å². The van der Waals surface area contributed by atoms with Crippen molar-refractivity contribution < 1.29 is 13.2 Å².